The molecule has 0 aliphatic rings. The minimum atomic E-state index is -0.988. The fraction of sp³-hybridized carbons (Fsp3) is 0.500. The molecule has 1 heterocycles. The largest absolute Gasteiger partial charge is 0.465 e. The van der Waals surface area contributed by atoms with Crippen LogP contribution in [0.5, 0.6) is 0 Å². The molecular formula is C6H10N4O2. The van der Waals surface area contributed by atoms with Gasteiger partial charge in [-0.15, -0.1) is 0 Å². The Morgan fingerprint density at radius 2 is 2.42 bits per heavy atom. The fourth-order valence-electron chi connectivity index (χ4n) is 0.739. The number of carbonyl (C=O) groups is 1. The molecule has 1 amide bonds. The SMILES string of the molecule is Cc1nc(CN(C)C(=O)O)n[nH]1. The van der Waals surface area contributed by atoms with Gasteiger partial charge in [0, 0.05) is 7.05 Å². The van der Waals surface area contributed by atoms with Gasteiger partial charge in [0.1, 0.15) is 5.82 Å². The Morgan fingerprint density at radius 3 is 2.83 bits per heavy atom. The Morgan fingerprint density at radius 1 is 1.75 bits per heavy atom. The van der Waals surface area contributed by atoms with E-state index in [1.807, 2.05) is 0 Å². The van der Waals surface area contributed by atoms with Crippen molar-refractivity contribution < 1.29 is 9.90 Å². The van der Waals surface area contributed by atoms with Crippen LogP contribution in [0.4, 0.5) is 4.79 Å². The third-order valence-corrected chi connectivity index (χ3v) is 1.35. The summed E-state index contributed by atoms with van der Waals surface area (Å²) in [5.41, 5.74) is 0. The molecule has 0 unspecified atom stereocenters. The van der Waals surface area contributed by atoms with Crippen LogP contribution in [0, 0.1) is 6.92 Å². The second kappa shape index (κ2) is 3.21. The minimum Gasteiger partial charge on any atom is -0.465 e. The van der Waals surface area contributed by atoms with Gasteiger partial charge in [-0.1, -0.05) is 0 Å². The van der Waals surface area contributed by atoms with Gasteiger partial charge in [-0.05, 0) is 6.92 Å². The van der Waals surface area contributed by atoms with E-state index in [2.05, 4.69) is 15.2 Å². The summed E-state index contributed by atoms with van der Waals surface area (Å²) >= 11 is 0. The van der Waals surface area contributed by atoms with E-state index in [-0.39, 0.29) is 6.54 Å². The molecule has 0 aliphatic heterocycles. The lowest BCUT2D eigenvalue weighted by molar-refractivity contribution is 0.152. The third kappa shape index (κ3) is 1.94. The van der Waals surface area contributed by atoms with Crippen LogP contribution < -0.4 is 0 Å². The van der Waals surface area contributed by atoms with Crippen molar-refractivity contribution in [3.05, 3.63) is 11.6 Å². The van der Waals surface area contributed by atoms with Gasteiger partial charge in [-0.2, -0.15) is 5.10 Å². The molecule has 0 atom stereocenters. The van der Waals surface area contributed by atoms with Crippen molar-refractivity contribution in [1.29, 1.82) is 0 Å². The molecular weight excluding hydrogens is 160 g/mol. The van der Waals surface area contributed by atoms with Crippen LogP contribution in [-0.4, -0.2) is 38.3 Å². The first-order valence-corrected chi connectivity index (χ1v) is 3.41. The predicted octanol–water partition coefficient (Wildman–Crippen LogP) is 0.223. The molecule has 2 N–H and O–H groups in total. The highest BCUT2D eigenvalue weighted by molar-refractivity contribution is 5.64. The van der Waals surface area contributed by atoms with E-state index >= 15 is 0 Å². The normalized spacial score (nSPS) is 9.83. The van der Waals surface area contributed by atoms with Crippen molar-refractivity contribution >= 4 is 6.09 Å². The van der Waals surface area contributed by atoms with Gasteiger partial charge >= 0.3 is 6.09 Å². The second-order valence-corrected chi connectivity index (χ2v) is 2.48. The Balaban J connectivity index is 2.58. The number of aromatic amines is 1. The number of hydrogen-bond acceptors (Lipinski definition) is 3. The quantitative estimate of drug-likeness (QED) is 0.665. The van der Waals surface area contributed by atoms with E-state index in [1.165, 1.54) is 7.05 Å². The van der Waals surface area contributed by atoms with Gasteiger partial charge in [0.05, 0.1) is 6.54 Å². The first-order valence-electron chi connectivity index (χ1n) is 3.41. The summed E-state index contributed by atoms with van der Waals surface area (Å²) in [5.74, 6) is 1.17. The van der Waals surface area contributed by atoms with Crippen molar-refractivity contribution in [2.75, 3.05) is 7.05 Å². The molecule has 0 fully saturated rings. The van der Waals surface area contributed by atoms with Crippen LogP contribution in [0.3, 0.4) is 0 Å². The molecule has 6 heteroatoms. The lowest BCUT2D eigenvalue weighted by Crippen LogP contribution is -2.24. The van der Waals surface area contributed by atoms with Crippen LogP contribution in [0.25, 0.3) is 0 Å². The van der Waals surface area contributed by atoms with E-state index in [0.717, 1.165) is 4.90 Å². The standard InChI is InChI=1S/C6H10N4O2/c1-4-7-5(9-8-4)3-10(2)6(11)12/h3H2,1-2H3,(H,11,12)(H,7,8,9). The Hall–Kier alpha value is -1.59. The highest BCUT2D eigenvalue weighted by Crippen LogP contribution is 1.95. The molecule has 66 valence electrons. The summed E-state index contributed by atoms with van der Waals surface area (Å²) in [6.45, 7) is 1.97. The number of carboxylic acid groups (broad SMARTS) is 1. The van der Waals surface area contributed by atoms with E-state index in [1.54, 1.807) is 6.92 Å². The zero-order valence-corrected chi connectivity index (χ0v) is 6.90. The average Bonchev–Trinajstić information content (AvgIpc) is 2.35. The van der Waals surface area contributed by atoms with Gasteiger partial charge in [0.25, 0.3) is 0 Å². The zero-order valence-electron chi connectivity index (χ0n) is 6.90. The van der Waals surface area contributed by atoms with Crippen LogP contribution in [0.15, 0.2) is 0 Å². The molecule has 0 aromatic carbocycles. The molecule has 1 aromatic heterocycles. The van der Waals surface area contributed by atoms with Gasteiger partial charge < -0.3 is 10.0 Å². The first-order chi connectivity index (χ1) is 5.59. The molecule has 0 bridgehead atoms. The van der Waals surface area contributed by atoms with E-state index in [0.29, 0.717) is 11.6 Å². The first kappa shape index (κ1) is 8.51. The second-order valence-electron chi connectivity index (χ2n) is 2.48. The number of aromatic nitrogens is 3. The number of rotatable bonds is 2. The maximum Gasteiger partial charge on any atom is 0.407 e. The number of amides is 1. The lowest BCUT2D eigenvalue weighted by Gasteiger charge is -2.08. The van der Waals surface area contributed by atoms with Crippen LogP contribution in [0.2, 0.25) is 0 Å². The average molecular weight is 170 g/mol. The molecule has 0 aliphatic carbocycles. The monoisotopic (exact) mass is 170 g/mol. The Kier molecular flexibility index (Phi) is 2.27. The van der Waals surface area contributed by atoms with Gasteiger partial charge in [0.2, 0.25) is 0 Å². The number of aryl methyl sites for hydroxylation is 1. The molecule has 1 rings (SSSR count). The summed E-state index contributed by atoms with van der Waals surface area (Å²) in [4.78, 5) is 15.4. The summed E-state index contributed by atoms with van der Waals surface area (Å²) in [5, 5.41) is 14.9. The summed E-state index contributed by atoms with van der Waals surface area (Å²) in [6, 6.07) is 0. The van der Waals surface area contributed by atoms with Crippen molar-refractivity contribution in [2.24, 2.45) is 0 Å². The highest BCUT2D eigenvalue weighted by Gasteiger charge is 2.08. The molecule has 0 spiro atoms. The van der Waals surface area contributed by atoms with E-state index in [9.17, 15) is 4.79 Å². The molecule has 0 saturated heterocycles. The number of nitrogens with zero attached hydrogens (tertiary/aromatic N) is 3. The van der Waals surface area contributed by atoms with Crippen molar-refractivity contribution in [2.45, 2.75) is 13.5 Å². The van der Waals surface area contributed by atoms with Crippen LogP contribution in [-0.2, 0) is 6.54 Å². The van der Waals surface area contributed by atoms with Gasteiger partial charge in [0.15, 0.2) is 5.82 Å². The highest BCUT2D eigenvalue weighted by atomic mass is 16.4. The van der Waals surface area contributed by atoms with Crippen LogP contribution >= 0.6 is 0 Å². The smallest absolute Gasteiger partial charge is 0.407 e. The maximum atomic E-state index is 10.4. The molecule has 12 heavy (non-hydrogen) atoms. The minimum absolute atomic E-state index is 0.208. The maximum absolute atomic E-state index is 10.4. The van der Waals surface area contributed by atoms with Crippen molar-refractivity contribution in [3.63, 3.8) is 0 Å². The third-order valence-electron chi connectivity index (χ3n) is 1.35. The molecule has 1 aromatic rings. The topological polar surface area (TPSA) is 82.1 Å². The van der Waals surface area contributed by atoms with Crippen molar-refractivity contribution in [1.82, 2.24) is 20.1 Å². The number of H-pyrrole nitrogens is 1. The van der Waals surface area contributed by atoms with Gasteiger partial charge in [-0.3, -0.25) is 5.10 Å². The van der Waals surface area contributed by atoms with E-state index < -0.39 is 6.09 Å². The number of hydrogen-bond donors (Lipinski definition) is 2. The Bertz CT molecular complexity index is 283. The molecule has 0 radical (unpaired) electrons. The lowest BCUT2D eigenvalue weighted by atomic mass is 10.5. The van der Waals surface area contributed by atoms with Gasteiger partial charge in [-0.25, -0.2) is 9.78 Å². The fourth-order valence-corrected chi connectivity index (χ4v) is 0.739. The Labute approximate surface area is 69.2 Å². The molecule has 6 nitrogen and oxygen atoms in total. The zero-order chi connectivity index (χ0) is 9.14. The predicted molar refractivity (Wildman–Crippen MR) is 40.6 cm³/mol. The summed E-state index contributed by atoms with van der Waals surface area (Å²) in [7, 11) is 1.47. The molecule has 0 saturated carbocycles. The summed E-state index contributed by atoms with van der Waals surface area (Å²) < 4.78 is 0. The van der Waals surface area contributed by atoms with Crippen LogP contribution in [0.1, 0.15) is 11.6 Å². The van der Waals surface area contributed by atoms with E-state index in [4.69, 9.17) is 5.11 Å². The number of nitrogens with one attached hydrogen (secondary N) is 1. The van der Waals surface area contributed by atoms with Crippen molar-refractivity contribution in [3.8, 4) is 0 Å². The summed E-state index contributed by atoms with van der Waals surface area (Å²) in [6.07, 6.45) is -0.988.